The number of aromatic nitrogens is 18. The third kappa shape index (κ3) is 23.2. The van der Waals surface area contributed by atoms with Crippen molar-refractivity contribution in [1.82, 2.24) is 89.7 Å². The van der Waals surface area contributed by atoms with E-state index in [4.69, 9.17) is 55.2 Å². The van der Waals surface area contributed by atoms with Crippen LogP contribution in [0.3, 0.4) is 0 Å². The monoisotopic (exact) mass is 1400 g/mol. The van der Waals surface area contributed by atoms with Gasteiger partial charge < -0.3 is 91.1 Å². The number of nitrogens with one attached hydrogen (secondary N) is 8. The lowest BCUT2D eigenvalue weighted by Gasteiger charge is -2.16. The first-order chi connectivity index (χ1) is 48.5. The Labute approximate surface area is 585 Å². The van der Waals surface area contributed by atoms with Crippen molar-refractivity contribution in [3.8, 4) is 0 Å². The van der Waals surface area contributed by atoms with E-state index in [0.717, 1.165) is 34.6 Å². The zero-order valence-electron chi connectivity index (χ0n) is 59.6. The summed E-state index contributed by atoms with van der Waals surface area (Å²) in [7, 11) is 21.7. The maximum Gasteiger partial charge on any atom is 0.238 e. The molecule has 0 saturated heterocycles. The van der Waals surface area contributed by atoms with Gasteiger partial charge in [0.2, 0.25) is 119 Å². The molecule has 0 unspecified atom stereocenters. The molecular weight excluding hydrogens is 1320 g/mol. The molecule has 0 amide bonds. The molecule has 0 aliphatic heterocycles. The number of furan rings is 6. The fourth-order valence-electron chi connectivity index (χ4n) is 7.70. The molecule has 0 radical (unpaired) electrons. The Morgan fingerprint density at radius 3 is 0.784 bits per heavy atom. The van der Waals surface area contributed by atoms with E-state index in [-0.39, 0.29) is 29.7 Å². The molecule has 0 aromatic carbocycles. The average molecular weight is 1410 g/mol. The summed E-state index contributed by atoms with van der Waals surface area (Å²) in [5.41, 5.74) is 27.7. The number of anilines is 24. The quantitative estimate of drug-likeness (QED) is 0.0374. The molecule has 12 aromatic heterocycles. The minimum Gasteiger partial charge on any atom is -0.446 e. The molecule has 102 heavy (non-hydrogen) atoms. The molecule has 12 rings (SSSR count). The Kier molecular flexibility index (Phi) is 26.2. The summed E-state index contributed by atoms with van der Waals surface area (Å²) in [5, 5.41) is 23.1. The fourth-order valence-corrected chi connectivity index (χ4v) is 7.70. The normalized spacial score (nSPS) is 10.3. The van der Waals surface area contributed by atoms with Gasteiger partial charge >= 0.3 is 0 Å². The number of rotatable bonds is 19. The zero-order valence-corrected chi connectivity index (χ0v) is 59.6. The third-order valence-corrected chi connectivity index (χ3v) is 12.5. The number of hydrogen-bond acceptors (Lipinski definition) is 42. The van der Waals surface area contributed by atoms with Crippen LogP contribution in [0.15, 0.2) is 99.3 Å². The van der Waals surface area contributed by atoms with E-state index < -0.39 is 0 Å². The average Bonchev–Trinajstić information content (AvgIpc) is 1.24. The van der Waals surface area contributed by atoms with Gasteiger partial charge in [-0.3, -0.25) is 31.1 Å². The number of nitrogens with two attached hydrogens (primary N) is 5. The van der Waals surface area contributed by atoms with Crippen molar-refractivity contribution in [2.75, 3.05) is 180 Å². The van der Waals surface area contributed by atoms with Crippen molar-refractivity contribution in [2.24, 2.45) is 0 Å². The Morgan fingerprint density at radius 1 is 0.245 bits per heavy atom. The summed E-state index contributed by atoms with van der Waals surface area (Å²) in [6, 6.07) is 22.0. The van der Waals surface area contributed by atoms with Crippen molar-refractivity contribution in [3.63, 3.8) is 0 Å². The molecular formula is C60H84N36O6. The Balaban J connectivity index is 0.000000172. The van der Waals surface area contributed by atoms with Crippen LogP contribution in [0.1, 0.15) is 34.6 Å². The second kappa shape index (κ2) is 35.4. The summed E-state index contributed by atoms with van der Waals surface area (Å²) in [6.07, 6.45) is 0. The molecule has 12 heterocycles. The Morgan fingerprint density at radius 2 is 0.471 bits per heavy atom. The number of nitrogen functional groups attached to an aromatic ring is 5. The molecule has 540 valence electrons. The number of hydrogen-bond donors (Lipinski definition) is 13. The molecule has 0 atom stereocenters. The first-order valence-electron chi connectivity index (χ1n) is 30.5. The van der Waals surface area contributed by atoms with Gasteiger partial charge in [0.25, 0.3) is 0 Å². The lowest BCUT2D eigenvalue weighted by atomic mass is 10.5. The molecule has 0 fully saturated rings. The predicted molar refractivity (Wildman–Crippen MR) is 392 cm³/mol. The van der Waals surface area contributed by atoms with Crippen molar-refractivity contribution in [3.05, 3.63) is 107 Å². The van der Waals surface area contributed by atoms with Crippen LogP contribution in [0.4, 0.5) is 142 Å². The molecule has 12 aromatic rings. The standard InChI is InChI=1S/C12H18N6O.3C10H14N6O.2C9H12N6O/c1-8-6-7-9(19-8)13-10-14-11(17(2)3)16-12(15-10)18(4)5;1-6-4-5-7(17-6)12-9-13-8(11)14-10(15-9)16(2)3;1-6-4-5-7(17-6)16(3)10-14-8(11)13-9(12-2)15-10;1-6-4-5-7(17-6)13-10-15-8(11-2)14-9(12-3)16-10;1-5-3-4-6(16-5)15(2)9-13-7(10)12-8(11)14-9;1-5-3-4-6(16-5)12-9-14-7(10)13-8(11-2)15-9/h6-7H,1-5H3,(H,13,14,15,16);2*4-5H,1-3H3,(H3,11,12,13,14,15);4-5H,1-3H3,(H3,11,12,13,14,15,16);3-4H,1-2H3,(H4,10,11,12,13,14);3-4H,1-2H3,(H4,10,11,12,13,14,15). The maximum absolute atomic E-state index is 5.60. The smallest absolute Gasteiger partial charge is 0.238 e. The minimum absolute atomic E-state index is 0.0811. The summed E-state index contributed by atoms with van der Waals surface area (Å²) in [5.74, 6) is 14.9. The van der Waals surface area contributed by atoms with Gasteiger partial charge in [0.15, 0.2) is 23.5 Å². The Bertz CT molecular complexity index is 4490. The molecule has 0 aliphatic carbocycles. The summed E-state index contributed by atoms with van der Waals surface area (Å²) in [4.78, 5) is 82.0. The zero-order chi connectivity index (χ0) is 74.3. The SMILES string of the molecule is CNc1nc(N)nc(N(C)c2ccc(C)o2)n1.CNc1nc(N)nc(Nc2ccc(C)o2)n1.CNc1nc(NC)nc(Nc2ccc(C)o2)n1.Cc1ccc(N(C)c2nc(N)nc(N)n2)o1.Cc1ccc(Nc2nc(N(C)C)nc(N(C)C)n2)o1.Cc1ccc(Nc2nc(N)nc(N(C)C)n2)o1. The van der Waals surface area contributed by atoms with Gasteiger partial charge in [-0.1, -0.05) is 0 Å². The van der Waals surface area contributed by atoms with E-state index in [0.29, 0.717) is 113 Å². The molecule has 18 N–H and O–H groups in total. The van der Waals surface area contributed by atoms with E-state index in [1.165, 1.54) is 0 Å². The topological polar surface area (TPSA) is 553 Å². The highest BCUT2D eigenvalue weighted by Crippen LogP contribution is 2.27. The molecule has 0 bridgehead atoms. The first-order valence-corrected chi connectivity index (χ1v) is 30.5. The largest absolute Gasteiger partial charge is 0.446 e. The van der Waals surface area contributed by atoms with Crippen LogP contribution < -0.4 is 95.7 Å². The highest BCUT2D eigenvalue weighted by Gasteiger charge is 2.17. The second-order valence-corrected chi connectivity index (χ2v) is 21.6. The highest BCUT2D eigenvalue weighted by molar-refractivity contribution is 5.57. The minimum atomic E-state index is 0.0811. The van der Waals surface area contributed by atoms with Crippen LogP contribution in [0.2, 0.25) is 0 Å². The molecule has 0 saturated carbocycles. The van der Waals surface area contributed by atoms with E-state index >= 15 is 0 Å². The molecule has 0 aliphatic rings. The van der Waals surface area contributed by atoms with E-state index in [1.54, 1.807) is 69.1 Å². The number of nitrogens with zero attached hydrogens (tertiary/aromatic N) is 23. The van der Waals surface area contributed by atoms with Crippen LogP contribution in [0.25, 0.3) is 0 Å². The van der Waals surface area contributed by atoms with Crippen LogP contribution in [-0.2, 0) is 0 Å². The lowest BCUT2D eigenvalue weighted by Crippen LogP contribution is -2.19. The second-order valence-electron chi connectivity index (χ2n) is 21.6. The van der Waals surface area contributed by atoms with E-state index in [9.17, 15) is 0 Å². The van der Waals surface area contributed by atoms with Crippen LogP contribution >= 0.6 is 0 Å². The van der Waals surface area contributed by atoms with Gasteiger partial charge in [-0.25, -0.2) is 0 Å². The number of aryl methyl sites for hydroxylation is 6. The van der Waals surface area contributed by atoms with Crippen LogP contribution in [0.5, 0.6) is 0 Å². The highest BCUT2D eigenvalue weighted by atomic mass is 16.4. The fraction of sp³-hybridized carbons (Fsp3) is 0.300. The summed E-state index contributed by atoms with van der Waals surface area (Å²) < 4.78 is 32.4. The van der Waals surface area contributed by atoms with Gasteiger partial charge in [0, 0.05) is 121 Å². The summed E-state index contributed by atoms with van der Waals surface area (Å²) in [6.45, 7) is 11.2. The van der Waals surface area contributed by atoms with Crippen molar-refractivity contribution < 1.29 is 26.5 Å². The molecule has 42 heteroatoms. The van der Waals surface area contributed by atoms with Gasteiger partial charge in [0.1, 0.15) is 34.6 Å². The van der Waals surface area contributed by atoms with Gasteiger partial charge in [-0.05, 0) is 77.9 Å². The Hall–Kier alpha value is -13.9. The molecule has 0 spiro atoms. The maximum atomic E-state index is 5.60. The third-order valence-electron chi connectivity index (χ3n) is 12.5. The van der Waals surface area contributed by atoms with Gasteiger partial charge in [-0.2, -0.15) is 89.7 Å². The lowest BCUT2D eigenvalue weighted by molar-refractivity contribution is 0.536. The van der Waals surface area contributed by atoms with Crippen molar-refractivity contribution in [2.45, 2.75) is 41.5 Å². The first kappa shape index (κ1) is 75.5. The molecule has 42 nitrogen and oxygen atoms in total. The predicted octanol–water partition coefficient (Wildman–Crippen LogP) is 7.42. The van der Waals surface area contributed by atoms with E-state index in [2.05, 4.69) is 132 Å². The van der Waals surface area contributed by atoms with Crippen molar-refractivity contribution in [1.29, 1.82) is 0 Å². The van der Waals surface area contributed by atoms with Crippen molar-refractivity contribution >= 4 is 142 Å². The van der Waals surface area contributed by atoms with E-state index in [1.807, 2.05) is 154 Å². The van der Waals surface area contributed by atoms with Gasteiger partial charge in [-0.15, -0.1) is 0 Å². The van der Waals surface area contributed by atoms with Gasteiger partial charge in [0.05, 0.1) is 0 Å². The van der Waals surface area contributed by atoms with Crippen LogP contribution in [-0.4, -0.2) is 174 Å². The summed E-state index contributed by atoms with van der Waals surface area (Å²) >= 11 is 0. The van der Waals surface area contributed by atoms with Crippen LogP contribution in [0, 0.1) is 41.5 Å².